The Kier molecular flexibility index (Phi) is 3.17. The SMILES string of the molecule is CC(NC(=O)c1ccc(=O)[nH]n1)C(=O)O. The molecule has 0 aliphatic carbocycles. The Balaban J connectivity index is 2.73. The molecule has 1 rings (SSSR count). The maximum atomic E-state index is 11.3. The fourth-order valence-electron chi connectivity index (χ4n) is 0.803. The monoisotopic (exact) mass is 211 g/mol. The third-order valence-corrected chi connectivity index (χ3v) is 1.63. The molecule has 1 amide bonds. The highest BCUT2D eigenvalue weighted by atomic mass is 16.4. The van der Waals surface area contributed by atoms with E-state index in [4.69, 9.17) is 5.11 Å². The van der Waals surface area contributed by atoms with E-state index < -0.39 is 23.5 Å². The van der Waals surface area contributed by atoms with Crippen LogP contribution in [0.25, 0.3) is 0 Å². The molecular formula is C8H9N3O4. The molecule has 0 aliphatic rings. The zero-order valence-electron chi connectivity index (χ0n) is 7.85. The topological polar surface area (TPSA) is 112 Å². The first-order valence-corrected chi connectivity index (χ1v) is 4.10. The summed E-state index contributed by atoms with van der Waals surface area (Å²) >= 11 is 0. The number of aliphatic carboxylic acids is 1. The van der Waals surface area contributed by atoms with Crippen LogP contribution in [-0.4, -0.2) is 33.2 Å². The quantitative estimate of drug-likeness (QED) is 0.592. The normalized spacial score (nSPS) is 11.8. The summed E-state index contributed by atoms with van der Waals surface area (Å²) in [5.41, 5.74) is -0.472. The van der Waals surface area contributed by atoms with Crippen molar-refractivity contribution >= 4 is 11.9 Å². The van der Waals surface area contributed by atoms with Crippen LogP contribution in [0.4, 0.5) is 0 Å². The Bertz CT molecular complexity index is 419. The fourth-order valence-corrected chi connectivity index (χ4v) is 0.803. The van der Waals surface area contributed by atoms with Crippen LogP contribution in [-0.2, 0) is 4.79 Å². The number of carbonyl (C=O) groups excluding carboxylic acids is 1. The molecular weight excluding hydrogens is 202 g/mol. The maximum Gasteiger partial charge on any atom is 0.325 e. The van der Waals surface area contributed by atoms with E-state index in [0.29, 0.717) is 0 Å². The number of hydrogen-bond donors (Lipinski definition) is 3. The third-order valence-electron chi connectivity index (χ3n) is 1.63. The van der Waals surface area contributed by atoms with E-state index in [1.807, 2.05) is 0 Å². The van der Waals surface area contributed by atoms with Crippen molar-refractivity contribution in [2.75, 3.05) is 0 Å². The van der Waals surface area contributed by atoms with Crippen LogP contribution in [0.1, 0.15) is 17.4 Å². The van der Waals surface area contributed by atoms with Crippen LogP contribution in [0.5, 0.6) is 0 Å². The van der Waals surface area contributed by atoms with E-state index in [-0.39, 0.29) is 5.69 Å². The van der Waals surface area contributed by atoms with Gasteiger partial charge < -0.3 is 10.4 Å². The highest BCUT2D eigenvalue weighted by molar-refractivity contribution is 5.94. The molecule has 1 aromatic heterocycles. The van der Waals surface area contributed by atoms with Gasteiger partial charge in [0.15, 0.2) is 0 Å². The Hall–Kier alpha value is -2.18. The Morgan fingerprint density at radius 2 is 2.20 bits per heavy atom. The average molecular weight is 211 g/mol. The van der Waals surface area contributed by atoms with Crippen molar-refractivity contribution in [3.05, 3.63) is 28.2 Å². The number of carboxylic acid groups (broad SMARTS) is 1. The van der Waals surface area contributed by atoms with Gasteiger partial charge in [-0.15, -0.1) is 0 Å². The Labute approximate surface area is 84.1 Å². The van der Waals surface area contributed by atoms with E-state index in [9.17, 15) is 14.4 Å². The molecule has 80 valence electrons. The lowest BCUT2D eigenvalue weighted by molar-refractivity contribution is -0.138. The lowest BCUT2D eigenvalue weighted by Crippen LogP contribution is -2.39. The summed E-state index contributed by atoms with van der Waals surface area (Å²) in [5, 5.41) is 16.2. The molecule has 15 heavy (non-hydrogen) atoms. The molecule has 7 heteroatoms. The van der Waals surface area contributed by atoms with Crippen LogP contribution in [0.3, 0.4) is 0 Å². The number of aromatic amines is 1. The minimum Gasteiger partial charge on any atom is -0.480 e. The molecule has 1 unspecified atom stereocenters. The first-order chi connectivity index (χ1) is 7.00. The largest absolute Gasteiger partial charge is 0.480 e. The number of rotatable bonds is 3. The summed E-state index contributed by atoms with van der Waals surface area (Å²) in [6.45, 7) is 1.33. The Morgan fingerprint density at radius 1 is 1.53 bits per heavy atom. The van der Waals surface area contributed by atoms with Gasteiger partial charge in [-0.05, 0) is 13.0 Å². The molecule has 1 aromatic rings. The predicted octanol–water partition coefficient (Wildman–Crippen LogP) is -1.03. The molecule has 0 aliphatic heterocycles. The number of H-pyrrole nitrogens is 1. The van der Waals surface area contributed by atoms with E-state index in [1.54, 1.807) is 0 Å². The number of aromatic nitrogens is 2. The van der Waals surface area contributed by atoms with Crippen LogP contribution >= 0.6 is 0 Å². The van der Waals surface area contributed by atoms with Crippen LogP contribution in [0.15, 0.2) is 16.9 Å². The van der Waals surface area contributed by atoms with Gasteiger partial charge in [0.2, 0.25) is 0 Å². The summed E-state index contributed by atoms with van der Waals surface area (Å²) in [6.07, 6.45) is 0. The van der Waals surface area contributed by atoms with E-state index in [2.05, 4.69) is 15.5 Å². The van der Waals surface area contributed by atoms with Crippen molar-refractivity contribution in [1.29, 1.82) is 0 Å². The molecule has 0 radical (unpaired) electrons. The molecule has 1 heterocycles. The summed E-state index contributed by atoms with van der Waals surface area (Å²) < 4.78 is 0. The zero-order valence-corrected chi connectivity index (χ0v) is 7.85. The van der Waals surface area contributed by atoms with Crippen molar-refractivity contribution in [3.8, 4) is 0 Å². The van der Waals surface area contributed by atoms with Crippen molar-refractivity contribution in [2.45, 2.75) is 13.0 Å². The van der Waals surface area contributed by atoms with Crippen molar-refractivity contribution < 1.29 is 14.7 Å². The standard InChI is InChI=1S/C8H9N3O4/c1-4(8(14)15)9-7(13)5-2-3-6(12)11-10-5/h2-4H,1H3,(H,9,13)(H,11,12)(H,14,15). The summed E-state index contributed by atoms with van der Waals surface area (Å²) in [7, 11) is 0. The lowest BCUT2D eigenvalue weighted by Gasteiger charge is -2.07. The van der Waals surface area contributed by atoms with Crippen molar-refractivity contribution in [1.82, 2.24) is 15.5 Å². The molecule has 0 saturated carbocycles. The second-order valence-corrected chi connectivity index (χ2v) is 2.84. The molecule has 0 bridgehead atoms. The summed E-state index contributed by atoms with van der Waals surface area (Å²) in [5.74, 6) is -1.80. The first kappa shape index (κ1) is 10.9. The zero-order chi connectivity index (χ0) is 11.4. The summed E-state index contributed by atoms with van der Waals surface area (Å²) in [6, 6.07) is 1.34. The minimum absolute atomic E-state index is 0.0392. The van der Waals surface area contributed by atoms with Crippen LogP contribution in [0, 0.1) is 0 Å². The molecule has 0 aromatic carbocycles. The lowest BCUT2D eigenvalue weighted by atomic mass is 10.3. The van der Waals surface area contributed by atoms with Crippen molar-refractivity contribution in [3.63, 3.8) is 0 Å². The van der Waals surface area contributed by atoms with Gasteiger partial charge in [-0.3, -0.25) is 14.4 Å². The molecule has 7 nitrogen and oxygen atoms in total. The average Bonchev–Trinajstić information content (AvgIpc) is 2.18. The molecule has 0 fully saturated rings. The second-order valence-electron chi connectivity index (χ2n) is 2.84. The van der Waals surface area contributed by atoms with E-state index in [1.165, 1.54) is 13.0 Å². The van der Waals surface area contributed by atoms with E-state index >= 15 is 0 Å². The molecule has 0 spiro atoms. The van der Waals surface area contributed by atoms with Crippen LogP contribution < -0.4 is 10.9 Å². The van der Waals surface area contributed by atoms with Gasteiger partial charge >= 0.3 is 5.97 Å². The number of hydrogen-bond acceptors (Lipinski definition) is 4. The smallest absolute Gasteiger partial charge is 0.325 e. The van der Waals surface area contributed by atoms with Gasteiger partial charge in [-0.1, -0.05) is 0 Å². The molecule has 3 N–H and O–H groups in total. The maximum absolute atomic E-state index is 11.3. The molecule has 0 saturated heterocycles. The van der Waals surface area contributed by atoms with Gasteiger partial charge in [-0.2, -0.15) is 5.10 Å². The molecule has 1 atom stereocenters. The van der Waals surface area contributed by atoms with Gasteiger partial charge in [0.1, 0.15) is 11.7 Å². The van der Waals surface area contributed by atoms with Gasteiger partial charge in [0.25, 0.3) is 11.5 Å². The number of amides is 1. The first-order valence-electron chi connectivity index (χ1n) is 4.10. The fraction of sp³-hybridized carbons (Fsp3) is 0.250. The summed E-state index contributed by atoms with van der Waals surface area (Å²) in [4.78, 5) is 32.4. The van der Waals surface area contributed by atoms with E-state index in [0.717, 1.165) is 6.07 Å². The van der Waals surface area contributed by atoms with Gasteiger partial charge in [0.05, 0.1) is 0 Å². The second kappa shape index (κ2) is 4.36. The third kappa shape index (κ3) is 2.90. The van der Waals surface area contributed by atoms with Gasteiger partial charge in [0, 0.05) is 6.07 Å². The highest BCUT2D eigenvalue weighted by Gasteiger charge is 2.15. The van der Waals surface area contributed by atoms with Gasteiger partial charge in [-0.25, -0.2) is 5.10 Å². The van der Waals surface area contributed by atoms with Crippen molar-refractivity contribution in [2.24, 2.45) is 0 Å². The number of nitrogens with zero attached hydrogens (tertiary/aromatic N) is 1. The Morgan fingerprint density at radius 3 is 2.67 bits per heavy atom. The number of nitrogens with one attached hydrogen (secondary N) is 2. The van der Waals surface area contributed by atoms with Crippen LogP contribution in [0.2, 0.25) is 0 Å². The number of carbonyl (C=O) groups is 2. The predicted molar refractivity (Wildman–Crippen MR) is 49.4 cm³/mol. The minimum atomic E-state index is -1.15. The number of carboxylic acids is 1. The highest BCUT2D eigenvalue weighted by Crippen LogP contribution is 1.90.